The van der Waals surface area contributed by atoms with Crippen LogP contribution in [0.25, 0.3) is 0 Å². The fourth-order valence-corrected chi connectivity index (χ4v) is 1.97. The Labute approximate surface area is 108 Å². The van der Waals surface area contributed by atoms with Crippen molar-refractivity contribution in [1.29, 1.82) is 0 Å². The highest BCUT2D eigenvalue weighted by Crippen LogP contribution is 1.97. The number of nitrogens with zero attached hydrogens (tertiary/aromatic N) is 1. The molecular weight excluding hydrogens is 210 g/mol. The van der Waals surface area contributed by atoms with Crippen molar-refractivity contribution in [3.63, 3.8) is 0 Å². The molecule has 3 nitrogen and oxygen atoms in total. The van der Waals surface area contributed by atoms with Crippen molar-refractivity contribution in [3.05, 3.63) is 0 Å². The molecule has 0 amide bonds. The third-order valence-corrected chi connectivity index (χ3v) is 3.09. The minimum absolute atomic E-state index is 0.780. The third-order valence-electron chi connectivity index (χ3n) is 3.09. The lowest BCUT2D eigenvalue weighted by atomic mass is 10.2. The zero-order chi connectivity index (χ0) is 12.8. The van der Waals surface area contributed by atoms with Gasteiger partial charge in [-0.05, 0) is 25.9 Å². The number of hydrogen-bond acceptors (Lipinski definition) is 3. The van der Waals surface area contributed by atoms with Gasteiger partial charge in [-0.2, -0.15) is 0 Å². The molecule has 0 aromatic carbocycles. The van der Waals surface area contributed by atoms with Crippen LogP contribution in [0.1, 0.15) is 52.4 Å². The van der Waals surface area contributed by atoms with E-state index in [4.69, 9.17) is 5.73 Å². The molecule has 0 rings (SSSR count). The van der Waals surface area contributed by atoms with Gasteiger partial charge in [-0.3, -0.25) is 0 Å². The van der Waals surface area contributed by atoms with Crippen molar-refractivity contribution in [2.45, 2.75) is 52.4 Å². The molecule has 0 aromatic heterocycles. The Morgan fingerprint density at radius 2 is 1.53 bits per heavy atom. The van der Waals surface area contributed by atoms with E-state index < -0.39 is 0 Å². The Morgan fingerprint density at radius 3 is 2.18 bits per heavy atom. The second-order valence-corrected chi connectivity index (χ2v) is 4.79. The average molecular weight is 243 g/mol. The van der Waals surface area contributed by atoms with Gasteiger partial charge in [0, 0.05) is 26.2 Å². The van der Waals surface area contributed by atoms with Gasteiger partial charge in [0.05, 0.1) is 0 Å². The first kappa shape index (κ1) is 16.9. The van der Waals surface area contributed by atoms with Crippen LogP contribution in [0.15, 0.2) is 0 Å². The van der Waals surface area contributed by atoms with Gasteiger partial charge in [0.2, 0.25) is 0 Å². The smallest absolute Gasteiger partial charge is 0.0107 e. The van der Waals surface area contributed by atoms with Crippen molar-refractivity contribution in [2.75, 3.05) is 39.3 Å². The molecule has 17 heavy (non-hydrogen) atoms. The summed E-state index contributed by atoms with van der Waals surface area (Å²) in [5.41, 5.74) is 5.64. The summed E-state index contributed by atoms with van der Waals surface area (Å²) < 4.78 is 0. The van der Waals surface area contributed by atoms with Crippen molar-refractivity contribution in [1.82, 2.24) is 10.2 Å². The number of hydrogen-bond donors (Lipinski definition) is 2. The molecule has 3 heteroatoms. The van der Waals surface area contributed by atoms with E-state index in [-0.39, 0.29) is 0 Å². The van der Waals surface area contributed by atoms with Gasteiger partial charge in [0.25, 0.3) is 0 Å². The van der Waals surface area contributed by atoms with E-state index >= 15 is 0 Å². The van der Waals surface area contributed by atoms with Crippen LogP contribution in [0.2, 0.25) is 0 Å². The van der Waals surface area contributed by atoms with Crippen LogP contribution in [0.3, 0.4) is 0 Å². The molecule has 0 fully saturated rings. The summed E-state index contributed by atoms with van der Waals surface area (Å²) in [5, 5.41) is 3.52. The molecule has 0 aliphatic carbocycles. The topological polar surface area (TPSA) is 41.3 Å². The highest BCUT2D eigenvalue weighted by Gasteiger charge is 2.02. The van der Waals surface area contributed by atoms with Crippen LogP contribution in [0, 0.1) is 0 Å². The molecule has 0 saturated heterocycles. The molecule has 0 heterocycles. The van der Waals surface area contributed by atoms with Crippen LogP contribution in [0.5, 0.6) is 0 Å². The van der Waals surface area contributed by atoms with Gasteiger partial charge in [0.15, 0.2) is 0 Å². The Hall–Kier alpha value is -0.120. The highest BCUT2D eigenvalue weighted by molar-refractivity contribution is 4.61. The summed E-state index contributed by atoms with van der Waals surface area (Å²) in [7, 11) is 0. The van der Waals surface area contributed by atoms with Crippen LogP contribution < -0.4 is 11.1 Å². The number of rotatable bonds is 13. The molecule has 0 aromatic rings. The zero-order valence-electron chi connectivity index (χ0n) is 12.0. The first-order valence-electron chi connectivity index (χ1n) is 7.48. The van der Waals surface area contributed by atoms with Gasteiger partial charge in [-0.25, -0.2) is 0 Å². The van der Waals surface area contributed by atoms with Gasteiger partial charge in [-0.15, -0.1) is 0 Å². The normalized spacial score (nSPS) is 11.3. The summed E-state index contributed by atoms with van der Waals surface area (Å²) in [5.74, 6) is 0. The van der Waals surface area contributed by atoms with Gasteiger partial charge in [0.1, 0.15) is 0 Å². The lowest BCUT2D eigenvalue weighted by Gasteiger charge is -2.21. The second-order valence-electron chi connectivity index (χ2n) is 4.79. The number of nitrogens with two attached hydrogens (primary N) is 1. The maximum Gasteiger partial charge on any atom is 0.0107 e. The van der Waals surface area contributed by atoms with E-state index in [9.17, 15) is 0 Å². The fraction of sp³-hybridized carbons (Fsp3) is 1.00. The van der Waals surface area contributed by atoms with E-state index in [0.29, 0.717) is 0 Å². The van der Waals surface area contributed by atoms with Crippen molar-refractivity contribution in [3.8, 4) is 0 Å². The van der Waals surface area contributed by atoms with E-state index in [1.54, 1.807) is 0 Å². The molecule has 0 saturated carbocycles. The van der Waals surface area contributed by atoms with Crippen molar-refractivity contribution < 1.29 is 0 Å². The molecule has 3 N–H and O–H groups in total. The van der Waals surface area contributed by atoms with Crippen molar-refractivity contribution >= 4 is 0 Å². The molecule has 0 aliphatic heterocycles. The van der Waals surface area contributed by atoms with Gasteiger partial charge in [-0.1, -0.05) is 39.5 Å². The Balaban J connectivity index is 3.41. The highest BCUT2D eigenvalue weighted by atomic mass is 15.1. The second kappa shape index (κ2) is 13.9. The predicted octanol–water partition coefficient (Wildman–Crippen LogP) is 2.22. The first-order valence-corrected chi connectivity index (χ1v) is 7.48. The van der Waals surface area contributed by atoms with E-state index in [1.165, 1.54) is 51.6 Å². The maximum atomic E-state index is 5.64. The molecule has 0 atom stereocenters. The quantitative estimate of drug-likeness (QED) is 0.487. The monoisotopic (exact) mass is 243 g/mol. The molecule has 0 bridgehead atoms. The Bertz CT molecular complexity index is 139. The van der Waals surface area contributed by atoms with Crippen LogP contribution in [0.4, 0.5) is 0 Å². The largest absolute Gasteiger partial charge is 0.329 e. The Morgan fingerprint density at radius 1 is 0.824 bits per heavy atom. The molecule has 0 unspecified atom stereocenters. The summed E-state index contributed by atoms with van der Waals surface area (Å²) in [6.45, 7) is 10.9. The SMILES string of the molecule is CCCCCNCCN(CCN)CCCCC. The zero-order valence-corrected chi connectivity index (χ0v) is 12.0. The minimum Gasteiger partial charge on any atom is -0.329 e. The summed E-state index contributed by atoms with van der Waals surface area (Å²) in [6, 6.07) is 0. The predicted molar refractivity (Wildman–Crippen MR) is 77.4 cm³/mol. The number of unbranched alkanes of at least 4 members (excludes halogenated alkanes) is 4. The molecule has 0 aliphatic rings. The summed E-state index contributed by atoms with van der Waals surface area (Å²) in [6.07, 6.45) is 7.90. The van der Waals surface area contributed by atoms with Crippen molar-refractivity contribution in [2.24, 2.45) is 5.73 Å². The van der Waals surface area contributed by atoms with E-state index in [0.717, 1.165) is 26.2 Å². The summed E-state index contributed by atoms with van der Waals surface area (Å²) in [4.78, 5) is 2.49. The molecule has 0 radical (unpaired) electrons. The lowest BCUT2D eigenvalue weighted by molar-refractivity contribution is 0.274. The molecule has 0 spiro atoms. The van der Waals surface area contributed by atoms with Gasteiger partial charge >= 0.3 is 0 Å². The number of nitrogens with one attached hydrogen (secondary N) is 1. The summed E-state index contributed by atoms with van der Waals surface area (Å²) >= 11 is 0. The van der Waals surface area contributed by atoms with E-state index in [2.05, 4.69) is 24.1 Å². The average Bonchev–Trinajstić information content (AvgIpc) is 2.34. The lowest BCUT2D eigenvalue weighted by Crippen LogP contribution is -2.36. The van der Waals surface area contributed by atoms with Gasteiger partial charge < -0.3 is 16.0 Å². The fourth-order valence-electron chi connectivity index (χ4n) is 1.97. The minimum atomic E-state index is 0.780. The van der Waals surface area contributed by atoms with E-state index in [1.807, 2.05) is 0 Å². The first-order chi connectivity index (χ1) is 8.35. The Kier molecular flexibility index (Phi) is 13.8. The third kappa shape index (κ3) is 12.1. The molecule has 104 valence electrons. The standard InChI is InChI=1S/C14H33N3/c1-3-5-7-10-16-11-14-17(13-9-15)12-8-6-4-2/h16H,3-15H2,1-2H3. The van der Waals surface area contributed by atoms with Crippen LogP contribution in [-0.2, 0) is 0 Å². The molecular formula is C14H33N3. The van der Waals surface area contributed by atoms with Crippen LogP contribution >= 0.6 is 0 Å². The maximum absolute atomic E-state index is 5.64. The van der Waals surface area contributed by atoms with Crippen LogP contribution in [-0.4, -0.2) is 44.2 Å².